The fourth-order valence-electron chi connectivity index (χ4n) is 1.72. The van der Waals surface area contributed by atoms with Crippen LogP contribution < -0.4 is 10.6 Å². The maximum absolute atomic E-state index is 3.35. The van der Waals surface area contributed by atoms with Crippen LogP contribution in [0.3, 0.4) is 0 Å². The summed E-state index contributed by atoms with van der Waals surface area (Å²) in [5.41, 5.74) is 0. The van der Waals surface area contributed by atoms with Gasteiger partial charge < -0.3 is 15.6 Å². The lowest BCUT2D eigenvalue weighted by atomic mass is 10.3. The molecule has 0 atom stereocenters. The van der Waals surface area contributed by atoms with Gasteiger partial charge in [-0.25, -0.2) is 0 Å². The van der Waals surface area contributed by atoms with Crippen LogP contribution in [0.4, 0.5) is 5.82 Å². The van der Waals surface area contributed by atoms with Gasteiger partial charge in [-0.15, -0.1) is 0 Å². The molecule has 0 saturated carbocycles. The van der Waals surface area contributed by atoms with Crippen molar-refractivity contribution in [3.05, 3.63) is 18.3 Å². The van der Waals surface area contributed by atoms with Crippen molar-refractivity contribution in [2.75, 3.05) is 44.6 Å². The SMILES string of the molecule is c1c[nH]c(NCCN2CCNCC2)c1. The van der Waals surface area contributed by atoms with E-state index in [0.29, 0.717) is 0 Å². The number of nitrogens with one attached hydrogen (secondary N) is 3. The average Bonchev–Trinajstić information content (AvgIpc) is 2.72. The Morgan fingerprint density at radius 3 is 2.93 bits per heavy atom. The van der Waals surface area contributed by atoms with Gasteiger partial charge in [0, 0.05) is 45.5 Å². The molecule has 3 N–H and O–H groups in total. The van der Waals surface area contributed by atoms with Gasteiger partial charge in [-0.2, -0.15) is 0 Å². The first-order valence-electron chi connectivity index (χ1n) is 5.25. The first kappa shape index (κ1) is 9.55. The highest BCUT2D eigenvalue weighted by Crippen LogP contribution is 2.00. The summed E-state index contributed by atoms with van der Waals surface area (Å²) >= 11 is 0. The number of rotatable bonds is 4. The van der Waals surface area contributed by atoms with E-state index in [1.165, 1.54) is 13.1 Å². The van der Waals surface area contributed by atoms with E-state index in [1.54, 1.807) is 0 Å². The molecule has 1 aliphatic heterocycles. The van der Waals surface area contributed by atoms with Crippen LogP contribution in [0.25, 0.3) is 0 Å². The molecule has 14 heavy (non-hydrogen) atoms. The van der Waals surface area contributed by atoms with Crippen LogP contribution in [-0.2, 0) is 0 Å². The largest absolute Gasteiger partial charge is 0.370 e. The minimum atomic E-state index is 1.01. The molecule has 4 nitrogen and oxygen atoms in total. The molecule has 1 aromatic heterocycles. The van der Waals surface area contributed by atoms with E-state index in [-0.39, 0.29) is 0 Å². The molecule has 2 rings (SSSR count). The summed E-state index contributed by atoms with van der Waals surface area (Å²) < 4.78 is 0. The van der Waals surface area contributed by atoms with Crippen molar-refractivity contribution in [3.8, 4) is 0 Å². The maximum Gasteiger partial charge on any atom is 0.103 e. The third kappa shape index (κ3) is 2.75. The molecule has 1 aromatic rings. The first-order valence-corrected chi connectivity index (χ1v) is 5.25. The van der Waals surface area contributed by atoms with Gasteiger partial charge in [0.25, 0.3) is 0 Å². The Labute approximate surface area is 84.7 Å². The van der Waals surface area contributed by atoms with Crippen molar-refractivity contribution in [1.82, 2.24) is 15.2 Å². The zero-order valence-corrected chi connectivity index (χ0v) is 8.42. The van der Waals surface area contributed by atoms with Crippen LogP contribution in [0.15, 0.2) is 18.3 Å². The van der Waals surface area contributed by atoms with Crippen LogP contribution >= 0.6 is 0 Å². The molecule has 0 aliphatic carbocycles. The van der Waals surface area contributed by atoms with Crippen LogP contribution in [0, 0.1) is 0 Å². The maximum atomic E-state index is 3.35. The van der Waals surface area contributed by atoms with Gasteiger partial charge in [0.05, 0.1) is 0 Å². The minimum absolute atomic E-state index is 1.01. The van der Waals surface area contributed by atoms with E-state index in [0.717, 1.165) is 32.0 Å². The Morgan fingerprint density at radius 2 is 2.21 bits per heavy atom. The highest BCUT2D eigenvalue weighted by Gasteiger charge is 2.07. The van der Waals surface area contributed by atoms with E-state index in [2.05, 4.69) is 26.6 Å². The quantitative estimate of drug-likeness (QED) is 0.647. The summed E-state index contributed by atoms with van der Waals surface area (Å²) in [6.07, 6.45) is 1.94. The van der Waals surface area contributed by atoms with E-state index >= 15 is 0 Å². The van der Waals surface area contributed by atoms with E-state index in [9.17, 15) is 0 Å². The Bertz CT molecular complexity index is 239. The number of nitrogens with zero attached hydrogens (tertiary/aromatic N) is 1. The Kier molecular flexibility index (Phi) is 3.43. The van der Waals surface area contributed by atoms with E-state index in [1.807, 2.05) is 12.3 Å². The third-order valence-corrected chi connectivity index (χ3v) is 2.55. The van der Waals surface area contributed by atoms with Gasteiger partial charge in [-0.3, -0.25) is 4.90 Å². The van der Waals surface area contributed by atoms with Crippen LogP contribution in [0.2, 0.25) is 0 Å². The van der Waals surface area contributed by atoms with E-state index in [4.69, 9.17) is 0 Å². The lowest BCUT2D eigenvalue weighted by molar-refractivity contribution is 0.249. The molecule has 0 unspecified atom stereocenters. The summed E-state index contributed by atoms with van der Waals surface area (Å²) in [5.74, 6) is 1.11. The predicted molar refractivity (Wildman–Crippen MR) is 58.6 cm³/mol. The second-order valence-corrected chi connectivity index (χ2v) is 3.60. The Hall–Kier alpha value is -1.00. The number of aromatic amines is 1. The topological polar surface area (TPSA) is 43.1 Å². The summed E-state index contributed by atoms with van der Waals surface area (Å²) in [5, 5.41) is 6.70. The number of piperazine rings is 1. The molecule has 2 heterocycles. The summed E-state index contributed by atoms with van der Waals surface area (Å²) in [6.45, 7) is 6.74. The molecule has 78 valence electrons. The zero-order chi connectivity index (χ0) is 9.64. The highest BCUT2D eigenvalue weighted by atomic mass is 15.2. The lowest BCUT2D eigenvalue weighted by Crippen LogP contribution is -2.45. The Balaban J connectivity index is 1.62. The number of H-pyrrole nitrogens is 1. The fraction of sp³-hybridized carbons (Fsp3) is 0.600. The van der Waals surface area contributed by atoms with Gasteiger partial charge in [0.1, 0.15) is 5.82 Å². The van der Waals surface area contributed by atoms with E-state index < -0.39 is 0 Å². The molecule has 0 bridgehead atoms. The van der Waals surface area contributed by atoms with Crippen molar-refractivity contribution < 1.29 is 0 Å². The van der Waals surface area contributed by atoms with Crippen LogP contribution in [0.5, 0.6) is 0 Å². The van der Waals surface area contributed by atoms with Crippen LogP contribution in [-0.4, -0.2) is 49.2 Å². The molecule has 1 saturated heterocycles. The van der Waals surface area contributed by atoms with Crippen molar-refractivity contribution >= 4 is 5.82 Å². The summed E-state index contributed by atoms with van der Waals surface area (Å²) in [7, 11) is 0. The number of hydrogen-bond acceptors (Lipinski definition) is 3. The second-order valence-electron chi connectivity index (χ2n) is 3.60. The molecule has 0 amide bonds. The lowest BCUT2D eigenvalue weighted by Gasteiger charge is -2.27. The van der Waals surface area contributed by atoms with Crippen molar-refractivity contribution in [1.29, 1.82) is 0 Å². The third-order valence-electron chi connectivity index (χ3n) is 2.55. The van der Waals surface area contributed by atoms with Crippen LogP contribution in [0.1, 0.15) is 0 Å². The fourth-order valence-corrected chi connectivity index (χ4v) is 1.72. The summed E-state index contributed by atoms with van der Waals surface area (Å²) in [4.78, 5) is 5.61. The molecule has 4 heteroatoms. The predicted octanol–water partition coefficient (Wildman–Crippen LogP) is 0.332. The van der Waals surface area contributed by atoms with Crippen molar-refractivity contribution in [2.45, 2.75) is 0 Å². The van der Waals surface area contributed by atoms with Crippen molar-refractivity contribution in [2.24, 2.45) is 0 Å². The van der Waals surface area contributed by atoms with Gasteiger partial charge in [-0.05, 0) is 12.1 Å². The van der Waals surface area contributed by atoms with Gasteiger partial charge >= 0.3 is 0 Å². The molecule has 1 aliphatic rings. The van der Waals surface area contributed by atoms with Gasteiger partial charge in [0.2, 0.25) is 0 Å². The van der Waals surface area contributed by atoms with Gasteiger partial charge in [-0.1, -0.05) is 0 Å². The Morgan fingerprint density at radius 1 is 1.36 bits per heavy atom. The smallest absolute Gasteiger partial charge is 0.103 e. The number of aromatic nitrogens is 1. The zero-order valence-electron chi connectivity index (χ0n) is 8.42. The molecular formula is C10H18N4. The molecule has 0 aromatic carbocycles. The number of hydrogen-bond donors (Lipinski definition) is 3. The highest BCUT2D eigenvalue weighted by molar-refractivity contribution is 5.33. The number of anilines is 1. The first-order chi connectivity index (χ1) is 6.95. The van der Waals surface area contributed by atoms with Crippen molar-refractivity contribution in [3.63, 3.8) is 0 Å². The summed E-state index contributed by atoms with van der Waals surface area (Å²) in [6, 6.07) is 4.06. The molecular weight excluding hydrogens is 176 g/mol. The normalized spacial score (nSPS) is 18.3. The minimum Gasteiger partial charge on any atom is -0.370 e. The standard InChI is InChI=1S/C10H18N4/c1-2-10(12-3-1)13-6-9-14-7-4-11-5-8-14/h1-3,11-13H,4-9H2. The monoisotopic (exact) mass is 194 g/mol. The molecule has 0 spiro atoms. The second kappa shape index (κ2) is 5.02. The average molecular weight is 194 g/mol. The molecule has 0 radical (unpaired) electrons. The van der Waals surface area contributed by atoms with Gasteiger partial charge in [0.15, 0.2) is 0 Å². The molecule has 1 fully saturated rings.